The highest BCUT2D eigenvalue weighted by Gasteiger charge is 2.14. The molecular formula is C12H18N2O2. The molecule has 1 aromatic carbocycles. The molecule has 0 aliphatic rings. The molecule has 0 radical (unpaired) electrons. The van der Waals surface area contributed by atoms with E-state index < -0.39 is 0 Å². The van der Waals surface area contributed by atoms with Crippen LogP contribution in [0.3, 0.4) is 0 Å². The maximum Gasteiger partial charge on any atom is 0.253 e. The Balaban J connectivity index is 2.84. The van der Waals surface area contributed by atoms with Gasteiger partial charge >= 0.3 is 0 Å². The second kappa shape index (κ2) is 5.51. The molecule has 0 fully saturated rings. The molecule has 0 aliphatic carbocycles. The Hall–Kier alpha value is -1.55. The number of amides is 1. The first-order chi connectivity index (χ1) is 7.60. The predicted molar refractivity (Wildman–Crippen MR) is 64.2 cm³/mol. The number of benzene rings is 1. The maximum atomic E-state index is 11.8. The van der Waals surface area contributed by atoms with Crippen LogP contribution in [0.25, 0.3) is 0 Å². The maximum absolute atomic E-state index is 11.8. The lowest BCUT2D eigenvalue weighted by atomic mass is 10.1. The lowest BCUT2D eigenvalue weighted by Gasteiger charge is -2.15. The number of nitrogens with one attached hydrogen (secondary N) is 1. The number of nitrogens with two attached hydrogens (primary N) is 1. The molecule has 1 rings (SSSR count). The van der Waals surface area contributed by atoms with Crippen LogP contribution >= 0.6 is 0 Å². The molecule has 0 aromatic heterocycles. The number of aliphatic hydroxyl groups excluding tert-OH is 1. The summed E-state index contributed by atoms with van der Waals surface area (Å²) in [5.74, 6) is -0.234. The van der Waals surface area contributed by atoms with Crippen LogP contribution in [0, 0.1) is 6.92 Å². The van der Waals surface area contributed by atoms with Crippen molar-refractivity contribution in [3.8, 4) is 0 Å². The summed E-state index contributed by atoms with van der Waals surface area (Å²) in [5.41, 5.74) is 7.66. The Kier molecular flexibility index (Phi) is 4.31. The second-order valence-corrected chi connectivity index (χ2v) is 3.80. The molecule has 0 aliphatic heterocycles. The first-order valence-corrected chi connectivity index (χ1v) is 5.37. The van der Waals surface area contributed by atoms with Gasteiger partial charge in [0.15, 0.2) is 0 Å². The van der Waals surface area contributed by atoms with E-state index in [9.17, 15) is 4.79 Å². The van der Waals surface area contributed by atoms with Gasteiger partial charge in [-0.05, 0) is 25.0 Å². The molecule has 0 spiro atoms. The average Bonchev–Trinajstić information content (AvgIpc) is 2.29. The standard InChI is InChI=1S/C12H18N2O2/c1-3-9(7-15)14-12(16)10-6-4-5-8(2)11(10)13/h4-6,9,15H,3,7,13H2,1-2H3,(H,14,16)/t9-/m0/s1. The van der Waals surface area contributed by atoms with Gasteiger partial charge < -0.3 is 16.2 Å². The Morgan fingerprint density at radius 2 is 2.25 bits per heavy atom. The minimum Gasteiger partial charge on any atom is -0.398 e. The highest BCUT2D eigenvalue weighted by atomic mass is 16.3. The number of carbonyl (C=O) groups excluding carboxylic acids is 1. The Morgan fingerprint density at radius 3 is 2.81 bits per heavy atom. The molecule has 4 heteroatoms. The third kappa shape index (κ3) is 2.73. The van der Waals surface area contributed by atoms with E-state index in [-0.39, 0.29) is 18.6 Å². The van der Waals surface area contributed by atoms with Crippen molar-refractivity contribution >= 4 is 11.6 Å². The number of anilines is 1. The van der Waals surface area contributed by atoms with Crippen molar-refractivity contribution in [1.82, 2.24) is 5.32 Å². The SMILES string of the molecule is CC[C@@H](CO)NC(=O)c1cccc(C)c1N. The second-order valence-electron chi connectivity index (χ2n) is 3.80. The molecule has 4 N–H and O–H groups in total. The van der Waals surface area contributed by atoms with E-state index in [1.54, 1.807) is 12.1 Å². The fourth-order valence-electron chi connectivity index (χ4n) is 1.42. The van der Waals surface area contributed by atoms with Gasteiger partial charge in [-0.2, -0.15) is 0 Å². The monoisotopic (exact) mass is 222 g/mol. The van der Waals surface area contributed by atoms with Gasteiger partial charge in [0, 0.05) is 5.69 Å². The van der Waals surface area contributed by atoms with Crippen LogP contribution in [0.15, 0.2) is 18.2 Å². The predicted octanol–water partition coefficient (Wildman–Crippen LogP) is 1.08. The minimum absolute atomic E-state index is 0.0615. The molecular weight excluding hydrogens is 204 g/mol. The summed E-state index contributed by atoms with van der Waals surface area (Å²) in [6.07, 6.45) is 0.688. The fraction of sp³-hybridized carbons (Fsp3) is 0.417. The van der Waals surface area contributed by atoms with Crippen LogP contribution < -0.4 is 11.1 Å². The van der Waals surface area contributed by atoms with E-state index in [4.69, 9.17) is 10.8 Å². The number of aliphatic hydroxyl groups is 1. The fourth-order valence-corrected chi connectivity index (χ4v) is 1.42. The van der Waals surface area contributed by atoms with Gasteiger partial charge in [-0.1, -0.05) is 19.1 Å². The zero-order valence-corrected chi connectivity index (χ0v) is 9.66. The lowest BCUT2D eigenvalue weighted by molar-refractivity contribution is 0.0916. The van der Waals surface area contributed by atoms with Crippen molar-refractivity contribution in [3.05, 3.63) is 29.3 Å². The minimum atomic E-state index is -0.234. The third-order valence-corrected chi connectivity index (χ3v) is 2.62. The highest BCUT2D eigenvalue weighted by molar-refractivity contribution is 5.99. The smallest absolute Gasteiger partial charge is 0.253 e. The van der Waals surface area contributed by atoms with E-state index in [0.29, 0.717) is 17.7 Å². The summed E-state index contributed by atoms with van der Waals surface area (Å²) in [6.45, 7) is 3.70. The normalized spacial score (nSPS) is 12.2. The lowest BCUT2D eigenvalue weighted by Crippen LogP contribution is -2.37. The van der Waals surface area contributed by atoms with Crippen LogP contribution in [0.4, 0.5) is 5.69 Å². The van der Waals surface area contributed by atoms with Gasteiger partial charge in [0.25, 0.3) is 5.91 Å². The van der Waals surface area contributed by atoms with Crippen LogP contribution in [0.2, 0.25) is 0 Å². The van der Waals surface area contributed by atoms with Crippen LogP contribution in [-0.4, -0.2) is 23.7 Å². The topological polar surface area (TPSA) is 75.3 Å². The van der Waals surface area contributed by atoms with Crippen molar-refractivity contribution in [2.75, 3.05) is 12.3 Å². The summed E-state index contributed by atoms with van der Waals surface area (Å²) >= 11 is 0. The van der Waals surface area contributed by atoms with Gasteiger partial charge in [0.05, 0.1) is 18.2 Å². The summed E-state index contributed by atoms with van der Waals surface area (Å²) in [5, 5.41) is 11.7. The molecule has 0 heterocycles. The average molecular weight is 222 g/mol. The number of hydrogen-bond acceptors (Lipinski definition) is 3. The van der Waals surface area contributed by atoms with E-state index in [2.05, 4.69) is 5.32 Å². The third-order valence-electron chi connectivity index (χ3n) is 2.62. The summed E-state index contributed by atoms with van der Waals surface area (Å²) < 4.78 is 0. The van der Waals surface area contributed by atoms with Gasteiger partial charge in [-0.15, -0.1) is 0 Å². The van der Waals surface area contributed by atoms with Crippen molar-refractivity contribution in [2.24, 2.45) is 0 Å². The Morgan fingerprint density at radius 1 is 1.56 bits per heavy atom. The number of aryl methyl sites for hydroxylation is 1. The Labute approximate surface area is 95.5 Å². The first-order valence-electron chi connectivity index (χ1n) is 5.37. The molecule has 16 heavy (non-hydrogen) atoms. The van der Waals surface area contributed by atoms with Gasteiger partial charge in [0.2, 0.25) is 0 Å². The van der Waals surface area contributed by atoms with E-state index in [1.165, 1.54) is 0 Å². The zero-order chi connectivity index (χ0) is 12.1. The number of nitrogen functional groups attached to an aromatic ring is 1. The van der Waals surface area contributed by atoms with Crippen molar-refractivity contribution < 1.29 is 9.90 Å². The van der Waals surface area contributed by atoms with Crippen LogP contribution in [0.5, 0.6) is 0 Å². The van der Waals surface area contributed by atoms with Gasteiger partial charge in [0.1, 0.15) is 0 Å². The Bertz CT molecular complexity index is 373. The van der Waals surface area contributed by atoms with Gasteiger partial charge in [-0.25, -0.2) is 0 Å². The first kappa shape index (κ1) is 12.5. The molecule has 1 atom stereocenters. The van der Waals surface area contributed by atoms with Crippen LogP contribution in [-0.2, 0) is 0 Å². The van der Waals surface area contributed by atoms with E-state index in [1.807, 2.05) is 19.9 Å². The van der Waals surface area contributed by atoms with Crippen LogP contribution in [0.1, 0.15) is 29.3 Å². The van der Waals surface area contributed by atoms with E-state index >= 15 is 0 Å². The quantitative estimate of drug-likeness (QED) is 0.667. The molecule has 4 nitrogen and oxygen atoms in total. The molecule has 88 valence electrons. The number of rotatable bonds is 4. The molecule has 0 unspecified atom stereocenters. The number of hydrogen-bond donors (Lipinski definition) is 3. The highest BCUT2D eigenvalue weighted by Crippen LogP contribution is 2.16. The summed E-state index contributed by atoms with van der Waals surface area (Å²) in [7, 11) is 0. The van der Waals surface area contributed by atoms with Gasteiger partial charge in [-0.3, -0.25) is 4.79 Å². The van der Waals surface area contributed by atoms with Crippen molar-refractivity contribution in [2.45, 2.75) is 26.3 Å². The molecule has 0 saturated heterocycles. The molecule has 1 aromatic rings. The summed E-state index contributed by atoms with van der Waals surface area (Å²) in [4.78, 5) is 11.8. The largest absolute Gasteiger partial charge is 0.398 e. The zero-order valence-electron chi connectivity index (χ0n) is 9.66. The van der Waals surface area contributed by atoms with Crippen molar-refractivity contribution in [3.63, 3.8) is 0 Å². The van der Waals surface area contributed by atoms with E-state index in [0.717, 1.165) is 5.56 Å². The number of carbonyl (C=O) groups is 1. The van der Waals surface area contributed by atoms with Crippen molar-refractivity contribution in [1.29, 1.82) is 0 Å². The number of para-hydroxylation sites is 1. The molecule has 1 amide bonds. The molecule has 0 saturated carbocycles. The molecule has 0 bridgehead atoms. The summed E-state index contributed by atoms with van der Waals surface area (Å²) in [6, 6.07) is 5.12.